The molecule has 0 amide bonds. The summed E-state index contributed by atoms with van der Waals surface area (Å²) in [6, 6.07) is 33.9. The molecule has 1 unspecified atom stereocenters. The fourth-order valence-corrected chi connectivity index (χ4v) is 7.82. The Morgan fingerprint density at radius 2 is 1.15 bits per heavy atom. The Balaban J connectivity index is 1.11. The zero-order chi connectivity index (χ0) is 37.1. The molecule has 10 rings (SSSR count). The Labute approximate surface area is 313 Å². The first-order valence-electron chi connectivity index (χ1n) is 17.9. The van der Waals surface area contributed by atoms with Crippen LogP contribution in [0.25, 0.3) is 83.1 Å². The van der Waals surface area contributed by atoms with Crippen LogP contribution in [0.5, 0.6) is 0 Å². The van der Waals surface area contributed by atoms with E-state index in [1.807, 2.05) is 104 Å². The van der Waals surface area contributed by atoms with E-state index >= 15 is 8.78 Å². The van der Waals surface area contributed by atoms with Crippen molar-refractivity contribution in [1.82, 2.24) is 34.9 Å². The van der Waals surface area contributed by atoms with Gasteiger partial charge in [0.15, 0.2) is 17.5 Å². The molecule has 0 saturated heterocycles. The Bertz CT molecular complexity index is 3070. The summed E-state index contributed by atoms with van der Waals surface area (Å²) in [6.07, 6.45) is 10.5. The lowest BCUT2D eigenvalue weighted by molar-refractivity contribution is 0.562. The van der Waals surface area contributed by atoms with Crippen molar-refractivity contribution in [3.05, 3.63) is 169 Å². The Hall–Kier alpha value is -7.13. The quantitative estimate of drug-likeness (QED) is 0.164. The average Bonchev–Trinajstić information content (AvgIpc) is 3.22. The molecule has 1 atom stereocenters. The van der Waals surface area contributed by atoms with E-state index in [4.69, 9.17) is 15.0 Å². The molecule has 262 valence electrons. The minimum Gasteiger partial charge on any atom is -0.254 e. The van der Waals surface area contributed by atoms with Gasteiger partial charge in [-0.2, -0.15) is 0 Å². The third-order valence-electron chi connectivity index (χ3n) is 10.3. The van der Waals surface area contributed by atoms with Crippen molar-refractivity contribution < 1.29 is 8.78 Å². The van der Waals surface area contributed by atoms with Gasteiger partial charge in [-0.3, -0.25) is 19.9 Å². The maximum atomic E-state index is 15.9. The molecule has 5 aromatic heterocycles. The number of rotatable bonds is 5. The molecule has 0 N–H and O–H groups in total. The van der Waals surface area contributed by atoms with Gasteiger partial charge in [0.2, 0.25) is 0 Å². The lowest BCUT2D eigenvalue weighted by Gasteiger charge is -2.31. The van der Waals surface area contributed by atoms with Crippen LogP contribution in [0.2, 0.25) is 0 Å². The second-order valence-electron chi connectivity index (χ2n) is 14.0. The average molecular weight is 718 g/mol. The standard InChI is InChI=1S/C46H29F2N7/c1-46(38-16-20-52-42-37(38)14-12-28-10-6-18-50-40(28)42)25-32(24-34(48)26-46)45-54-43(29-7-3-2-4-8-29)53-44(55-45)31-21-30(22-33(47)23-31)35-15-19-51-41-36(35)13-11-27-9-5-17-49-39(27)41/h2-24,26H,25H2,1H3. The number of pyridine rings is 4. The van der Waals surface area contributed by atoms with Crippen molar-refractivity contribution in [2.75, 3.05) is 0 Å². The second kappa shape index (κ2) is 12.8. The molecule has 0 aliphatic heterocycles. The first-order chi connectivity index (χ1) is 26.9. The summed E-state index contributed by atoms with van der Waals surface area (Å²) in [6.45, 7) is 2.01. The van der Waals surface area contributed by atoms with Crippen LogP contribution in [0, 0.1) is 5.82 Å². The van der Waals surface area contributed by atoms with Crippen LogP contribution >= 0.6 is 0 Å². The van der Waals surface area contributed by atoms with Crippen molar-refractivity contribution >= 4 is 49.2 Å². The summed E-state index contributed by atoms with van der Waals surface area (Å²) in [5.74, 6) is 0.101. The van der Waals surface area contributed by atoms with E-state index < -0.39 is 17.1 Å². The first kappa shape index (κ1) is 32.5. The third-order valence-corrected chi connectivity index (χ3v) is 10.3. The monoisotopic (exact) mass is 717 g/mol. The number of benzene rings is 4. The van der Waals surface area contributed by atoms with E-state index in [0.29, 0.717) is 34.8 Å². The van der Waals surface area contributed by atoms with Gasteiger partial charge in [-0.25, -0.2) is 23.7 Å². The molecule has 0 spiro atoms. The molecule has 5 heterocycles. The smallest absolute Gasteiger partial charge is 0.164 e. The number of hydrogen-bond donors (Lipinski definition) is 0. The van der Waals surface area contributed by atoms with Gasteiger partial charge in [-0.05, 0) is 77.7 Å². The Morgan fingerprint density at radius 1 is 0.527 bits per heavy atom. The predicted octanol–water partition coefficient (Wildman–Crippen LogP) is 10.8. The topological polar surface area (TPSA) is 90.2 Å². The zero-order valence-electron chi connectivity index (χ0n) is 29.4. The number of fused-ring (bicyclic) bond motifs is 6. The summed E-state index contributed by atoms with van der Waals surface area (Å²) in [4.78, 5) is 33.2. The summed E-state index contributed by atoms with van der Waals surface area (Å²) in [5, 5.41) is 3.67. The van der Waals surface area contributed by atoms with Crippen molar-refractivity contribution in [2.24, 2.45) is 0 Å². The van der Waals surface area contributed by atoms with Crippen LogP contribution < -0.4 is 0 Å². The van der Waals surface area contributed by atoms with Crippen molar-refractivity contribution in [3.63, 3.8) is 0 Å². The number of nitrogens with zero attached hydrogens (tertiary/aromatic N) is 7. The zero-order valence-corrected chi connectivity index (χ0v) is 29.4. The maximum absolute atomic E-state index is 15.9. The van der Waals surface area contributed by atoms with Gasteiger partial charge in [0, 0.05) is 68.4 Å². The molecular formula is C46H29F2N7. The molecular weight excluding hydrogens is 689 g/mol. The van der Waals surface area contributed by atoms with E-state index in [2.05, 4.69) is 19.9 Å². The van der Waals surface area contributed by atoms with Gasteiger partial charge in [0.25, 0.3) is 0 Å². The normalized spacial score (nSPS) is 15.8. The summed E-state index contributed by atoms with van der Waals surface area (Å²) < 4.78 is 31.7. The molecule has 0 bridgehead atoms. The molecule has 9 aromatic rings. The number of halogens is 2. The largest absolute Gasteiger partial charge is 0.254 e. The highest BCUT2D eigenvalue weighted by molar-refractivity contribution is 6.08. The van der Waals surface area contributed by atoms with E-state index in [9.17, 15) is 0 Å². The number of aromatic nitrogens is 7. The van der Waals surface area contributed by atoms with Crippen LogP contribution in [0.15, 0.2) is 152 Å². The van der Waals surface area contributed by atoms with Crippen LogP contribution in [0.1, 0.15) is 24.7 Å². The van der Waals surface area contributed by atoms with E-state index in [1.165, 1.54) is 18.2 Å². The SMILES string of the molecule is CC1(c2ccnc3c2ccc2cccnc23)C=C(F)C=C(c2nc(-c3ccccc3)nc(-c3cc(F)cc(-c4ccnc5c4ccc4cccnc45)c3)n2)C1. The first-order valence-corrected chi connectivity index (χ1v) is 17.9. The number of hydrogen-bond acceptors (Lipinski definition) is 7. The summed E-state index contributed by atoms with van der Waals surface area (Å²) in [5.41, 5.74) is 6.37. The highest BCUT2D eigenvalue weighted by atomic mass is 19.1. The molecule has 55 heavy (non-hydrogen) atoms. The van der Waals surface area contributed by atoms with Crippen LogP contribution in [0.3, 0.4) is 0 Å². The lowest BCUT2D eigenvalue weighted by Crippen LogP contribution is -2.23. The fraction of sp³-hybridized carbons (Fsp3) is 0.0652. The predicted molar refractivity (Wildman–Crippen MR) is 213 cm³/mol. The third kappa shape index (κ3) is 5.68. The van der Waals surface area contributed by atoms with Crippen molar-refractivity contribution in [1.29, 1.82) is 0 Å². The minimum atomic E-state index is -0.787. The van der Waals surface area contributed by atoms with Crippen LogP contribution in [0.4, 0.5) is 8.78 Å². The Kier molecular flexibility index (Phi) is 7.55. The Morgan fingerprint density at radius 3 is 1.89 bits per heavy atom. The molecule has 9 heteroatoms. The van der Waals surface area contributed by atoms with Gasteiger partial charge >= 0.3 is 0 Å². The van der Waals surface area contributed by atoms with Crippen LogP contribution in [-0.2, 0) is 5.41 Å². The molecule has 0 radical (unpaired) electrons. The van der Waals surface area contributed by atoms with E-state index in [0.717, 1.165) is 60.3 Å². The molecule has 7 nitrogen and oxygen atoms in total. The molecule has 4 aromatic carbocycles. The second-order valence-corrected chi connectivity index (χ2v) is 14.0. The van der Waals surface area contributed by atoms with Crippen LogP contribution in [-0.4, -0.2) is 34.9 Å². The van der Waals surface area contributed by atoms with Gasteiger partial charge in [-0.15, -0.1) is 0 Å². The summed E-state index contributed by atoms with van der Waals surface area (Å²) in [7, 11) is 0. The highest BCUT2D eigenvalue weighted by Crippen LogP contribution is 2.44. The fourth-order valence-electron chi connectivity index (χ4n) is 7.82. The minimum absolute atomic E-state index is 0.263. The lowest BCUT2D eigenvalue weighted by atomic mass is 9.73. The molecule has 0 saturated carbocycles. The van der Waals surface area contributed by atoms with Crippen molar-refractivity contribution in [3.8, 4) is 33.9 Å². The van der Waals surface area contributed by atoms with Crippen molar-refractivity contribution in [2.45, 2.75) is 18.8 Å². The molecule has 0 fully saturated rings. The number of allylic oxidation sites excluding steroid dienone is 4. The van der Waals surface area contributed by atoms with Gasteiger partial charge < -0.3 is 0 Å². The van der Waals surface area contributed by atoms with Gasteiger partial charge in [0.05, 0.1) is 22.1 Å². The molecule has 1 aliphatic carbocycles. The van der Waals surface area contributed by atoms with Gasteiger partial charge in [-0.1, -0.05) is 73.7 Å². The molecule has 1 aliphatic rings. The van der Waals surface area contributed by atoms with Gasteiger partial charge in [0.1, 0.15) is 11.6 Å². The highest BCUT2D eigenvalue weighted by Gasteiger charge is 2.33. The maximum Gasteiger partial charge on any atom is 0.164 e. The van der Waals surface area contributed by atoms with E-state index in [-0.39, 0.29) is 5.82 Å². The summed E-state index contributed by atoms with van der Waals surface area (Å²) >= 11 is 0. The van der Waals surface area contributed by atoms with E-state index in [1.54, 1.807) is 30.9 Å².